The lowest BCUT2D eigenvalue weighted by molar-refractivity contribution is 0.189. The normalized spacial score (nSPS) is 21.8. The predicted octanol–water partition coefficient (Wildman–Crippen LogP) is 1.71. The van der Waals surface area contributed by atoms with Gasteiger partial charge in [0.25, 0.3) is 0 Å². The zero-order chi connectivity index (χ0) is 13.2. The Labute approximate surface area is 112 Å². The van der Waals surface area contributed by atoms with Crippen LogP contribution in [0.5, 0.6) is 0 Å². The van der Waals surface area contributed by atoms with Gasteiger partial charge in [0.05, 0.1) is 6.10 Å². The maximum Gasteiger partial charge on any atom is 0.236 e. The average Bonchev–Trinajstić information content (AvgIpc) is 2.76. The first-order valence-corrected chi connectivity index (χ1v) is 7.47. The molecule has 4 nitrogen and oxygen atoms in total. The second kappa shape index (κ2) is 5.40. The molecule has 0 aromatic heterocycles. The van der Waals surface area contributed by atoms with Crippen LogP contribution in [0.25, 0.3) is 6.08 Å². The van der Waals surface area contributed by atoms with Crippen molar-refractivity contribution in [1.29, 1.82) is 0 Å². The van der Waals surface area contributed by atoms with Gasteiger partial charge in [0.15, 0.2) is 0 Å². The fourth-order valence-electron chi connectivity index (χ4n) is 1.77. The molecule has 0 spiro atoms. The quantitative estimate of drug-likeness (QED) is 0.921. The van der Waals surface area contributed by atoms with E-state index in [2.05, 4.69) is 0 Å². The summed E-state index contributed by atoms with van der Waals surface area (Å²) in [6.07, 6.45) is 1.47. The largest absolute Gasteiger partial charge is 0.392 e. The highest BCUT2D eigenvalue weighted by atomic mass is 35.5. The SMILES string of the molecule is O=S(=O)(C=Cc1ccc(Cl)cc1)N1CC[C@@H](O)C1. The standard InChI is InChI=1S/C12H14ClNO3S/c13-11-3-1-10(2-4-11)6-8-18(16,17)14-7-5-12(15)9-14/h1-4,6,8,12,15H,5,7,9H2/t12-/m1/s1. The maximum atomic E-state index is 11.9. The van der Waals surface area contributed by atoms with Gasteiger partial charge in [0.1, 0.15) is 0 Å². The lowest BCUT2D eigenvalue weighted by Gasteiger charge is -2.11. The molecule has 1 aromatic rings. The van der Waals surface area contributed by atoms with Gasteiger partial charge >= 0.3 is 0 Å². The molecule has 0 amide bonds. The number of sulfonamides is 1. The van der Waals surface area contributed by atoms with Gasteiger partial charge in [-0.15, -0.1) is 0 Å². The predicted molar refractivity (Wildman–Crippen MR) is 71.6 cm³/mol. The van der Waals surface area contributed by atoms with Crippen LogP contribution in [-0.2, 0) is 10.0 Å². The Bertz CT molecular complexity index is 539. The lowest BCUT2D eigenvalue weighted by atomic mass is 10.2. The Morgan fingerprint density at radius 2 is 2.00 bits per heavy atom. The van der Waals surface area contributed by atoms with Gasteiger partial charge in [0, 0.05) is 23.5 Å². The van der Waals surface area contributed by atoms with Crippen LogP contribution in [0.15, 0.2) is 29.7 Å². The highest BCUT2D eigenvalue weighted by Gasteiger charge is 2.28. The van der Waals surface area contributed by atoms with E-state index in [9.17, 15) is 13.5 Å². The van der Waals surface area contributed by atoms with Crippen LogP contribution in [0.2, 0.25) is 5.02 Å². The van der Waals surface area contributed by atoms with E-state index < -0.39 is 16.1 Å². The van der Waals surface area contributed by atoms with Gasteiger partial charge in [-0.2, -0.15) is 4.31 Å². The molecular formula is C12H14ClNO3S. The Hall–Kier alpha value is -0.880. The van der Waals surface area contributed by atoms with Crippen molar-refractivity contribution in [3.8, 4) is 0 Å². The van der Waals surface area contributed by atoms with Crippen molar-refractivity contribution < 1.29 is 13.5 Å². The van der Waals surface area contributed by atoms with Gasteiger partial charge in [-0.25, -0.2) is 8.42 Å². The van der Waals surface area contributed by atoms with Crippen LogP contribution in [0.4, 0.5) is 0 Å². The molecule has 6 heteroatoms. The molecule has 1 heterocycles. The van der Waals surface area contributed by atoms with E-state index in [0.717, 1.165) is 11.0 Å². The number of aliphatic hydroxyl groups is 1. The number of rotatable bonds is 3. The van der Waals surface area contributed by atoms with Gasteiger partial charge in [-0.3, -0.25) is 0 Å². The van der Waals surface area contributed by atoms with Gasteiger partial charge in [-0.05, 0) is 30.2 Å². The molecule has 1 fully saturated rings. The molecule has 1 N–H and O–H groups in total. The molecule has 0 aliphatic carbocycles. The van der Waals surface area contributed by atoms with Gasteiger partial charge in [0.2, 0.25) is 10.0 Å². The number of benzene rings is 1. The molecule has 18 heavy (non-hydrogen) atoms. The fourth-order valence-corrected chi connectivity index (χ4v) is 3.13. The summed E-state index contributed by atoms with van der Waals surface area (Å²) in [7, 11) is -3.44. The molecule has 1 saturated heterocycles. The third-order valence-corrected chi connectivity index (χ3v) is 4.57. The number of β-amino-alcohol motifs (C(OH)–C–C–N with tert-alkyl or cyclic N) is 1. The van der Waals surface area contributed by atoms with Crippen molar-refractivity contribution in [2.45, 2.75) is 12.5 Å². The summed E-state index contributed by atoms with van der Waals surface area (Å²) < 4.78 is 25.1. The first kappa shape index (κ1) is 13.5. The Morgan fingerprint density at radius 1 is 1.33 bits per heavy atom. The smallest absolute Gasteiger partial charge is 0.236 e. The topological polar surface area (TPSA) is 57.6 Å². The van der Waals surface area contributed by atoms with Crippen molar-refractivity contribution in [3.05, 3.63) is 40.3 Å². The van der Waals surface area contributed by atoms with E-state index in [1.807, 2.05) is 0 Å². The molecule has 0 bridgehead atoms. The Balaban J connectivity index is 2.10. The summed E-state index contributed by atoms with van der Waals surface area (Å²) >= 11 is 5.74. The molecule has 1 atom stereocenters. The van der Waals surface area contributed by atoms with Crippen molar-refractivity contribution in [1.82, 2.24) is 4.31 Å². The second-order valence-corrected chi connectivity index (χ2v) is 6.45. The van der Waals surface area contributed by atoms with Crippen molar-refractivity contribution >= 4 is 27.7 Å². The van der Waals surface area contributed by atoms with Crippen molar-refractivity contribution in [3.63, 3.8) is 0 Å². The van der Waals surface area contributed by atoms with E-state index >= 15 is 0 Å². The van der Waals surface area contributed by atoms with Crippen molar-refractivity contribution in [2.75, 3.05) is 13.1 Å². The number of hydrogen-bond donors (Lipinski definition) is 1. The summed E-state index contributed by atoms with van der Waals surface area (Å²) in [5, 5.41) is 11.1. The summed E-state index contributed by atoms with van der Waals surface area (Å²) in [5.41, 5.74) is 0.766. The highest BCUT2D eigenvalue weighted by Crippen LogP contribution is 2.16. The average molecular weight is 288 g/mol. The maximum absolute atomic E-state index is 11.9. The molecule has 0 radical (unpaired) electrons. The molecule has 1 aliphatic rings. The lowest BCUT2D eigenvalue weighted by Crippen LogP contribution is -2.27. The second-order valence-electron chi connectivity index (χ2n) is 4.20. The third-order valence-electron chi connectivity index (χ3n) is 2.79. The number of halogens is 1. The van der Waals surface area contributed by atoms with Gasteiger partial charge in [-0.1, -0.05) is 23.7 Å². The number of aliphatic hydroxyl groups excluding tert-OH is 1. The van der Waals surface area contributed by atoms with E-state index in [4.69, 9.17) is 11.6 Å². The van der Waals surface area contributed by atoms with E-state index in [-0.39, 0.29) is 6.54 Å². The first-order chi connectivity index (χ1) is 8.47. The third kappa shape index (κ3) is 3.32. The minimum absolute atomic E-state index is 0.174. The monoisotopic (exact) mass is 287 g/mol. The zero-order valence-electron chi connectivity index (χ0n) is 9.66. The van der Waals surface area contributed by atoms with E-state index in [0.29, 0.717) is 18.0 Å². The Morgan fingerprint density at radius 3 is 2.56 bits per heavy atom. The highest BCUT2D eigenvalue weighted by molar-refractivity contribution is 7.92. The van der Waals surface area contributed by atoms with E-state index in [1.54, 1.807) is 24.3 Å². The summed E-state index contributed by atoms with van der Waals surface area (Å²) in [4.78, 5) is 0. The Kier molecular flexibility index (Phi) is 4.07. The van der Waals surface area contributed by atoms with Crippen LogP contribution in [-0.4, -0.2) is 37.0 Å². The molecule has 1 aromatic carbocycles. The van der Waals surface area contributed by atoms with Crippen LogP contribution >= 0.6 is 11.6 Å². The molecule has 2 rings (SSSR count). The van der Waals surface area contributed by atoms with Crippen LogP contribution in [0.1, 0.15) is 12.0 Å². The molecule has 0 saturated carbocycles. The summed E-state index contributed by atoms with van der Waals surface area (Å²) in [6, 6.07) is 6.89. The minimum Gasteiger partial charge on any atom is -0.392 e. The van der Waals surface area contributed by atoms with Gasteiger partial charge < -0.3 is 5.11 Å². The number of hydrogen-bond acceptors (Lipinski definition) is 3. The van der Waals surface area contributed by atoms with Crippen LogP contribution in [0, 0.1) is 0 Å². The first-order valence-electron chi connectivity index (χ1n) is 5.59. The zero-order valence-corrected chi connectivity index (χ0v) is 11.2. The fraction of sp³-hybridized carbons (Fsp3) is 0.333. The van der Waals surface area contributed by atoms with Crippen LogP contribution < -0.4 is 0 Å². The summed E-state index contributed by atoms with van der Waals surface area (Å²) in [6.45, 7) is 0.543. The molecule has 98 valence electrons. The molecular weight excluding hydrogens is 274 g/mol. The minimum atomic E-state index is -3.44. The molecule has 0 unspecified atom stereocenters. The van der Waals surface area contributed by atoms with Crippen molar-refractivity contribution in [2.24, 2.45) is 0 Å². The number of nitrogens with zero attached hydrogens (tertiary/aromatic N) is 1. The summed E-state index contributed by atoms with van der Waals surface area (Å²) in [5.74, 6) is 0. The van der Waals surface area contributed by atoms with Crippen LogP contribution in [0.3, 0.4) is 0 Å². The van der Waals surface area contributed by atoms with E-state index in [1.165, 1.54) is 10.4 Å². The molecule has 1 aliphatic heterocycles.